The predicted octanol–water partition coefficient (Wildman–Crippen LogP) is 5.05. The van der Waals surface area contributed by atoms with Crippen LogP contribution < -0.4 is 9.47 Å². The Hall–Kier alpha value is -2.76. The molecule has 2 aliphatic rings. The van der Waals surface area contributed by atoms with Gasteiger partial charge in [0.1, 0.15) is 0 Å². The highest BCUT2D eigenvalue weighted by Gasteiger charge is 2.42. The van der Waals surface area contributed by atoms with Gasteiger partial charge >= 0.3 is 11.9 Å². The van der Waals surface area contributed by atoms with E-state index in [9.17, 15) is 9.59 Å². The maximum absolute atomic E-state index is 12.1. The van der Waals surface area contributed by atoms with E-state index in [1.165, 1.54) is 6.42 Å². The molecular weight excluding hydrogens is 384 g/mol. The molecule has 1 aliphatic heterocycles. The van der Waals surface area contributed by atoms with Crippen LogP contribution in [0.5, 0.6) is 11.5 Å². The van der Waals surface area contributed by atoms with Gasteiger partial charge in [0.2, 0.25) is 0 Å². The molecule has 0 bridgehead atoms. The van der Waals surface area contributed by atoms with E-state index in [1.807, 2.05) is 12.1 Å². The third-order valence-electron chi connectivity index (χ3n) is 5.30. The highest BCUT2D eigenvalue weighted by Crippen LogP contribution is 2.47. The van der Waals surface area contributed by atoms with Crippen molar-refractivity contribution in [3.05, 3.63) is 34.4 Å². The second-order valence-electron chi connectivity index (χ2n) is 7.70. The zero-order valence-corrected chi connectivity index (χ0v) is 18.2. The Morgan fingerprint density at radius 2 is 1.30 bits per heavy atom. The standard InChI is InChI=1S/C24H30O6/c1-5-27-22(25)16(3)12-18-14-20-21(30-24(29-20)10-8-7-9-11-24)15-19(18)13-17(4)23(26)28-6-2/h12-15H,5-11H2,1-4H3/b16-12-,17-13+. The van der Waals surface area contributed by atoms with E-state index in [0.717, 1.165) is 36.8 Å². The molecule has 1 heterocycles. The summed E-state index contributed by atoms with van der Waals surface area (Å²) in [6.45, 7) is 7.57. The van der Waals surface area contributed by atoms with Crippen molar-refractivity contribution in [1.82, 2.24) is 0 Å². The molecule has 3 rings (SSSR count). The Balaban J connectivity index is 2.00. The summed E-state index contributed by atoms with van der Waals surface area (Å²) in [6, 6.07) is 3.73. The van der Waals surface area contributed by atoms with Crippen LogP contribution in [0.25, 0.3) is 12.2 Å². The number of fused-ring (bicyclic) bond motifs is 1. The van der Waals surface area contributed by atoms with Gasteiger partial charge < -0.3 is 18.9 Å². The minimum atomic E-state index is -0.601. The smallest absolute Gasteiger partial charge is 0.333 e. The first kappa shape index (κ1) is 21.9. The molecule has 0 aromatic heterocycles. The van der Waals surface area contributed by atoms with E-state index >= 15 is 0 Å². The van der Waals surface area contributed by atoms with Crippen molar-refractivity contribution >= 4 is 24.1 Å². The second-order valence-corrected chi connectivity index (χ2v) is 7.70. The maximum atomic E-state index is 12.1. The number of hydrogen-bond acceptors (Lipinski definition) is 6. The molecule has 6 heteroatoms. The van der Waals surface area contributed by atoms with E-state index < -0.39 is 5.79 Å². The first-order valence-electron chi connectivity index (χ1n) is 10.6. The monoisotopic (exact) mass is 414 g/mol. The topological polar surface area (TPSA) is 71.1 Å². The van der Waals surface area contributed by atoms with Gasteiger partial charge in [-0.05, 0) is 75.9 Å². The summed E-state index contributed by atoms with van der Waals surface area (Å²) in [7, 11) is 0. The van der Waals surface area contributed by atoms with E-state index in [2.05, 4.69) is 0 Å². The van der Waals surface area contributed by atoms with Crippen LogP contribution in [0.15, 0.2) is 23.3 Å². The average molecular weight is 414 g/mol. The van der Waals surface area contributed by atoms with Crippen LogP contribution in [-0.4, -0.2) is 30.9 Å². The Bertz CT molecular complexity index is 809. The molecule has 30 heavy (non-hydrogen) atoms. The van der Waals surface area contributed by atoms with Crippen LogP contribution in [-0.2, 0) is 19.1 Å². The lowest BCUT2D eigenvalue weighted by atomic mass is 9.94. The van der Waals surface area contributed by atoms with Gasteiger partial charge in [-0.3, -0.25) is 0 Å². The molecule has 162 valence electrons. The average Bonchev–Trinajstić information content (AvgIpc) is 3.04. The summed E-state index contributed by atoms with van der Waals surface area (Å²) in [5.41, 5.74) is 2.43. The lowest BCUT2D eigenvalue weighted by molar-refractivity contribution is -0.139. The molecule has 0 amide bonds. The number of carbonyl (C=O) groups is 2. The number of ether oxygens (including phenoxy) is 4. The van der Waals surface area contributed by atoms with E-state index in [0.29, 0.717) is 35.9 Å². The molecule has 1 aromatic carbocycles. The number of carbonyl (C=O) groups excluding carboxylic acids is 2. The number of rotatable bonds is 6. The number of benzene rings is 1. The van der Waals surface area contributed by atoms with Gasteiger partial charge in [-0.2, -0.15) is 0 Å². The van der Waals surface area contributed by atoms with Crippen molar-refractivity contribution in [1.29, 1.82) is 0 Å². The summed E-state index contributed by atoms with van der Waals surface area (Å²) in [6.07, 6.45) is 8.51. The molecule has 0 saturated heterocycles. The Kier molecular flexibility index (Phi) is 6.85. The molecule has 1 aliphatic carbocycles. The summed E-state index contributed by atoms with van der Waals surface area (Å²) in [5, 5.41) is 0. The molecule has 0 unspecified atom stereocenters. The fraction of sp³-hybridized carbons (Fsp3) is 0.500. The van der Waals surface area contributed by atoms with Crippen molar-refractivity contribution in [3.8, 4) is 11.5 Å². The largest absolute Gasteiger partial charge is 0.463 e. The summed E-state index contributed by atoms with van der Waals surface area (Å²) < 4.78 is 22.7. The van der Waals surface area contributed by atoms with Crippen LogP contribution in [0.1, 0.15) is 70.9 Å². The highest BCUT2D eigenvalue weighted by molar-refractivity contribution is 5.96. The van der Waals surface area contributed by atoms with Crippen molar-refractivity contribution in [2.24, 2.45) is 0 Å². The summed E-state index contributed by atoms with van der Waals surface area (Å²) in [4.78, 5) is 24.2. The van der Waals surface area contributed by atoms with Crippen molar-refractivity contribution < 1.29 is 28.5 Å². The van der Waals surface area contributed by atoms with Gasteiger partial charge in [0, 0.05) is 24.0 Å². The zero-order valence-electron chi connectivity index (χ0n) is 18.2. The van der Waals surface area contributed by atoms with Crippen LogP contribution in [0.2, 0.25) is 0 Å². The van der Waals surface area contributed by atoms with Crippen LogP contribution in [0.4, 0.5) is 0 Å². The van der Waals surface area contributed by atoms with Crippen molar-refractivity contribution in [2.75, 3.05) is 13.2 Å². The number of hydrogen-bond donors (Lipinski definition) is 0. The molecule has 6 nitrogen and oxygen atoms in total. The Morgan fingerprint density at radius 3 is 1.70 bits per heavy atom. The molecule has 0 radical (unpaired) electrons. The van der Waals surface area contributed by atoms with Gasteiger partial charge in [-0.25, -0.2) is 9.59 Å². The Labute approximate surface area is 177 Å². The van der Waals surface area contributed by atoms with Crippen molar-refractivity contribution in [3.63, 3.8) is 0 Å². The van der Waals surface area contributed by atoms with Gasteiger partial charge in [-0.1, -0.05) is 6.42 Å². The van der Waals surface area contributed by atoms with Crippen molar-refractivity contribution in [2.45, 2.75) is 65.6 Å². The van der Waals surface area contributed by atoms with E-state index in [-0.39, 0.29) is 11.9 Å². The summed E-state index contributed by atoms with van der Waals surface area (Å²) in [5.74, 6) is -0.0422. The first-order valence-corrected chi connectivity index (χ1v) is 10.6. The van der Waals surface area contributed by atoms with Gasteiger partial charge in [0.15, 0.2) is 11.5 Å². The number of esters is 2. The van der Waals surface area contributed by atoms with Gasteiger partial charge in [0.05, 0.1) is 13.2 Å². The van der Waals surface area contributed by atoms with Crippen LogP contribution in [0.3, 0.4) is 0 Å². The predicted molar refractivity (Wildman–Crippen MR) is 114 cm³/mol. The van der Waals surface area contributed by atoms with E-state index in [4.69, 9.17) is 18.9 Å². The molecular formula is C24H30O6. The molecule has 1 saturated carbocycles. The minimum absolute atomic E-state index is 0.308. The van der Waals surface area contributed by atoms with Gasteiger partial charge in [0.25, 0.3) is 5.79 Å². The van der Waals surface area contributed by atoms with Gasteiger partial charge in [-0.15, -0.1) is 0 Å². The molecule has 0 N–H and O–H groups in total. The van der Waals surface area contributed by atoms with Crippen LogP contribution in [0, 0.1) is 0 Å². The van der Waals surface area contributed by atoms with Crippen LogP contribution >= 0.6 is 0 Å². The molecule has 1 aromatic rings. The summed E-state index contributed by atoms with van der Waals surface area (Å²) >= 11 is 0. The minimum Gasteiger partial charge on any atom is -0.463 e. The zero-order chi connectivity index (χ0) is 21.7. The SMILES string of the molecule is CCOC(=O)/C(C)=C\c1cc2c(cc1/C=C(\C)C(=O)OCC)OC1(CCCCC1)O2. The van der Waals surface area contributed by atoms with E-state index in [1.54, 1.807) is 39.8 Å². The Morgan fingerprint density at radius 1 is 0.867 bits per heavy atom. The molecule has 0 atom stereocenters. The molecule has 1 spiro atoms. The third-order valence-corrected chi connectivity index (χ3v) is 5.30. The second kappa shape index (κ2) is 9.37. The fourth-order valence-electron chi connectivity index (χ4n) is 3.79. The highest BCUT2D eigenvalue weighted by atomic mass is 16.7. The fourth-order valence-corrected chi connectivity index (χ4v) is 3.79. The molecule has 1 fully saturated rings. The lowest BCUT2D eigenvalue weighted by Gasteiger charge is -2.31. The normalized spacial score (nSPS) is 17.7. The quantitative estimate of drug-likeness (QED) is 0.479. The third kappa shape index (κ3) is 4.86. The lowest BCUT2D eigenvalue weighted by Crippen LogP contribution is -2.40. The first-order chi connectivity index (χ1) is 14.4. The maximum Gasteiger partial charge on any atom is 0.333 e.